The molecular weight excluding hydrogens is 465 g/mol. The van der Waals surface area contributed by atoms with Crippen molar-refractivity contribution in [1.29, 1.82) is 0 Å². The predicted octanol–water partition coefficient (Wildman–Crippen LogP) is 4.20. The molecule has 6 heteroatoms. The Bertz CT molecular complexity index is 580. The molecule has 2 aliphatic rings. The lowest BCUT2D eigenvalue weighted by atomic mass is 10.00. The highest BCUT2D eigenvalue weighted by Crippen LogP contribution is 2.17. The van der Waals surface area contributed by atoms with Gasteiger partial charge in [-0.2, -0.15) is 0 Å². The highest BCUT2D eigenvalue weighted by Gasteiger charge is 2.18. The van der Waals surface area contributed by atoms with E-state index in [0.29, 0.717) is 12.7 Å². The molecule has 158 valence electrons. The number of piperidine rings is 1. The zero-order valence-electron chi connectivity index (χ0n) is 17.4. The lowest BCUT2D eigenvalue weighted by Gasteiger charge is -2.33. The third-order valence-corrected chi connectivity index (χ3v) is 5.51. The van der Waals surface area contributed by atoms with Crippen molar-refractivity contribution in [2.45, 2.75) is 58.8 Å². The van der Waals surface area contributed by atoms with Crippen LogP contribution in [0.3, 0.4) is 0 Å². The lowest BCUT2D eigenvalue weighted by Crippen LogP contribution is -2.45. The van der Waals surface area contributed by atoms with Crippen LogP contribution in [-0.2, 0) is 22.6 Å². The molecule has 0 aromatic heterocycles. The molecule has 0 amide bonds. The molecule has 3 rings (SSSR count). The van der Waals surface area contributed by atoms with E-state index in [2.05, 4.69) is 48.3 Å². The summed E-state index contributed by atoms with van der Waals surface area (Å²) in [5, 5.41) is 3.45. The van der Waals surface area contributed by atoms with Crippen molar-refractivity contribution in [1.82, 2.24) is 10.2 Å². The van der Waals surface area contributed by atoms with E-state index in [0.717, 1.165) is 64.1 Å². The third kappa shape index (κ3) is 7.52. The smallest absolute Gasteiger partial charge is 0.194 e. The van der Waals surface area contributed by atoms with Crippen molar-refractivity contribution in [2.24, 2.45) is 10.9 Å². The third-order valence-electron chi connectivity index (χ3n) is 5.51. The summed E-state index contributed by atoms with van der Waals surface area (Å²) in [6.07, 6.45) is 4.88. The molecule has 5 nitrogen and oxygen atoms in total. The van der Waals surface area contributed by atoms with Crippen LogP contribution in [0.1, 0.15) is 50.7 Å². The van der Waals surface area contributed by atoms with Gasteiger partial charge in [-0.25, -0.2) is 4.99 Å². The fraction of sp³-hybridized carbons (Fsp3) is 0.682. The average molecular weight is 501 g/mol. The maximum Gasteiger partial charge on any atom is 0.194 e. The quantitative estimate of drug-likeness (QED) is 0.361. The minimum absolute atomic E-state index is 0. The standard InChI is InChI=1S/C22H35N3O2.HI/c1-3-23-22(25-12-8-18(2)9-13-25)24-16-19-4-6-20(7-5-19)17-27-21-10-14-26-15-11-21;/h4-7,18,21H,3,8-17H2,1-2H3,(H,23,24);1H. The molecule has 2 saturated heterocycles. The van der Waals surface area contributed by atoms with E-state index in [9.17, 15) is 0 Å². The Morgan fingerprint density at radius 1 is 1.11 bits per heavy atom. The Balaban J connectivity index is 0.00000280. The minimum atomic E-state index is 0. The summed E-state index contributed by atoms with van der Waals surface area (Å²) in [6.45, 7) is 10.7. The van der Waals surface area contributed by atoms with Crippen molar-refractivity contribution in [3.63, 3.8) is 0 Å². The number of likely N-dealkylation sites (tertiary alicyclic amines) is 1. The second kappa shape index (κ2) is 12.6. The molecule has 0 atom stereocenters. The fourth-order valence-electron chi connectivity index (χ4n) is 3.61. The van der Waals surface area contributed by atoms with Gasteiger partial charge in [-0.05, 0) is 49.7 Å². The molecule has 0 unspecified atom stereocenters. The van der Waals surface area contributed by atoms with Gasteiger partial charge in [-0.3, -0.25) is 0 Å². The van der Waals surface area contributed by atoms with E-state index in [4.69, 9.17) is 14.5 Å². The first-order valence-electron chi connectivity index (χ1n) is 10.5. The van der Waals surface area contributed by atoms with Crippen molar-refractivity contribution in [3.05, 3.63) is 35.4 Å². The average Bonchev–Trinajstić information content (AvgIpc) is 2.72. The number of hydrogen-bond acceptors (Lipinski definition) is 3. The molecule has 1 N–H and O–H groups in total. The van der Waals surface area contributed by atoms with E-state index >= 15 is 0 Å². The van der Waals surface area contributed by atoms with E-state index in [1.807, 2.05) is 0 Å². The van der Waals surface area contributed by atoms with Crippen LogP contribution in [0.25, 0.3) is 0 Å². The number of halogens is 1. The Kier molecular flexibility index (Phi) is 10.6. The van der Waals surface area contributed by atoms with Gasteiger partial charge in [-0.15, -0.1) is 24.0 Å². The summed E-state index contributed by atoms with van der Waals surface area (Å²) >= 11 is 0. The van der Waals surface area contributed by atoms with Gasteiger partial charge >= 0.3 is 0 Å². The molecule has 28 heavy (non-hydrogen) atoms. The molecule has 2 heterocycles. The van der Waals surface area contributed by atoms with Gasteiger partial charge in [0.1, 0.15) is 0 Å². The number of nitrogens with zero attached hydrogens (tertiary/aromatic N) is 2. The summed E-state index contributed by atoms with van der Waals surface area (Å²) in [4.78, 5) is 7.27. The van der Waals surface area contributed by atoms with Gasteiger partial charge in [0.15, 0.2) is 5.96 Å². The van der Waals surface area contributed by atoms with Crippen molar-refractivity contribution >= 4 is 29.9 Å². The van der Waals surface area contributed by atoms with E-state index in [1.54, 1.807) is 0 Å². The largest absolute Gasteiger partial charge is 0.381 e. The van der Waals surface area contributed by atoms with E-state index < -0.39 is 0 Å². The van der Waals surface area contributed by atoms with Crippen LogP contribution in [0.4, 0.5) is 0 Å². The number of nitrogens with one attached hydrogen (secondary N) is 1. The van der Waals surface area contributed by atoms with Gasteiger partial charge in [0.25, 0.3) is 0 Å². The van der Waals surface area contributed by atoms with Gasteiger partial charge in [0.05, 0.1) is 19.3 Å². The first-order chi connectivity index (χ1) is 13.2. The molecule has 0 bridgehead atoms. The topological polar surface area (TPSA) is 46.1 Å². The Morgan fingerprint density at radius 3 is 2.39 bits per heavy atom. The van der Waals surface area contributed by atoms with Gasteiger partial charge < -0.3 is 19.7 Å². The number of ether oxygens (including phenoxy) is 2. The van der Waals surface area contributed by atoms with Gasteiger partial charge in [-0.1, -0.05) is 31.2 Å². The van der Waals surface area contributed by atoms with Crippen molar-refractivity contribution in [2.75, 3.05) is 32.8 Å². The molecular formula is C22H36IN3O2. The molecule has 2 fully saturated rings. The monoisotopic (exact) mass is 501 g/mol. The molecule has 0 aliphatic carbocycles. The molecule has 0 radical (unpaired) electrons. The van der Waals surface area contributed by atoms with Crippen LogP contribution in [-0.4, -0.2) is 49.8 Å². The first kappa shape index (κ1) is 23.4. The minimum Gasteiger partial charge on any atom is -0.381 e. The zero-order valence-corrected chi connectivity index (χ0v) is 19.7. The summed E-state index contributed by atoms with van der Waals surface area (Å²) < 4.78 is 11.4. The summed E-state index contributed by atoms with van der Waals surface area (Å²) in [5.41, 5.74) is 2.47. The predicted molar refractivity (Wildman–Crippen MR) is 125 cm³/mol. The second-order valence-electron chi connectivity index (χ2n) is 7.78. The molecule has 1 aromatic rings. The highest BCUT2D eigenvalue weighted by molar-refractivity contribution is 14.0. The number of rotatable bonds is 6. The van der Waals surface area contributed by atoms with Crippen LogP contribution >= 0.6 is 24.0 Å². The fourth-order valence-corrected chi connectivity index (χ4v) is 3.61. The molecule has 1 aromatic carbocycles. The summed E-state index contributed by atoms with van der Waals surface area (Å²) in [6, 6.07) is 8.68. The highest BCUT2D eigenvalue weighted by atomic mass is 127. The zero-order chi connectivity index (χ0) is 18.9. The van der Waals surface area contributed by atoms with E-state index in [1.165, 1.54) is 24.0 Å². The van der Waals surface area contributed by atoms with Gasteiger partial charge in [0.2, 0.25) is 0 Å². The SMILES string of the molecule is CCNC(=NCc1ccc(COC2CCOCC2)cc1)N1CCC(C)CC1.I. The van der Waals surface area contributed by atoms with Crippen LogP contribution in [0.15, 0.2) is 29.3 Å². The lowest BCUT2D eigenvalue weighted by molar-refractivity contribution is -0.0390. The van der Waals surface area contributed by atoms with Gasteiger partial charge in [0, 0.05) is 32.8 Å². The Hall–Kier alpha value is -0.860. The maximum atomic E-state index is 6.00. The summed E-state index contributed by atoms with van der Waals surface area (Å²) in [5.74, 6) is 1.89. The van der Waals surface area contributed by atoms with Crippen LogP contribution in [0.5, 0.6) is 0 Å². The summed E-state index contributed by atoms with van der Waals surface area (Å²) in [7, 11) is 0. The first-order valence-corrected chi connectivity index (χ1v) is 10.5. The molecule has 0 saturated carbocycles. The van der Waals surface area contributed by atoms with Crippen LogP contribution in [0, 0.1) is 5.92 Å². The molecule has 2 aliphatic heterocycles. The number of hydrogen-bond donors (Lipinski definition) is 1. The van der Waals surface area contributed by atoms with Crippen molar-refractivity contribution in [3.8, 4) is 0 Å². The van der Waals surface area contributed by atoms with Crippen LogP contribution < -0.4 is 5.32 Å². The number of aliphatic imine (C=N–C) groups is 1. The van der Waals surface area contributed by atoms with E-state index in [-0.39, 0.29) is 24.0 Å². The normalized spacial score (nSPS) is 19.4. The Labute approximate surface area is 187 Å². The Morgan fingerprint density at radius 2 is 1.75 bits per heavy atom. The van der Waals surface area contributed by atoms with Crippen LogP contribution in [0.2, 0.25) is 0 Å². The number of benzene rings is 1. The maximum absolute atomic E-state index is 6.00. The number of guanidine groups is 1. The second-order valence-corrected chi connectivity index (χ2v) is 7.78. The van der Waals surface area contributed by atoms with Crippen molar-refractivity contribution < 1.29 is 9.47 Å². The molecule has 0 spiro atoms.